The highest BCUT2D eigenvalue weighted by Crippen LogP contribution is 2.05. The van der Waals surface area contributed by atoms with E-state index in [-0.39, 0.29) is 12.0 Å². The third kappa shape index (κ3) is 2.54. The molecule has 18 heavy (non-hydrogen) atoms. The van der Waals surface area contributed by atoms with Gasteiger partial charge in [-0.3, -0.25) is 19.4 Å². The van der Waals surface area contributed by atoms with Crippen molar-refractivity contribution in [1.29, 1.82) is 0 Å². The van der Waals surface area contributed by atoms with E-state index in [9.17, 15) is 9.59 Å². The number of hydrogen-bond acceptors (Lipinski definition) is 4. The summed E-state index contributed by atoms with van der Waals surface area (Å²) in [5.74, 6) is -0.461. The van der Waals surface area contributed by atoms with Gasteiger partial charge in [0.25, 0.3) is 5.56 Å². The van der Waals surface area contributed by atoms with Gasteiger partial charge in [0.1, 0.15) is 0 Å². The molecule has 0 bridgehead atoms. The maximum Gasteiger partial charge on any atom is 0.261 e. The lowest BCUT2D eigenvalue weighted by Gasteiger charge is -2.05. The molecule has 1 aromatic heterocycles. The lowest BCUT2D eigenvalue weighted by atomic mass is 10.2. The predicted molar refractivity (Wildman–Crippen MR) is 65.2 cm³/mol. The molecule has 94 valence electrons. The van der Waals surface area contributed by atoms with Crippen molar-refractivity contribution in [2.75, 3.05) is 0 Å². The lowest BCUT2D eigenvalue weighted by molar-refractivity contribution is -0.129. The third-order valence-electron chi connectivity index (χ3n) is 2.66. The van der Waals surface area contributed by atoms with Gasteiger partial charge in [-0.25, -0.2) is 10.5 Å². The van der Waals surface area contributed by atoms with E-state index in [1.165, 1.54) is 10.9 Å². The van der Waals surface area contributed by atoms with Gasteiger partial charge in [0.15, 0.2) is 0 Å². The Hall–Kier alpha value is -2.21. The minimum atomic E-state index is -0.461. The first-order valence-electron chi connectivity index (χ1n) is 5.59. The monoisotopic (exact) mass is 247 g/mol. The molecule has 2 N–H and O–H groups in total. The molecule has 2 rings (SSSR count). The van der Waals surface area contributed by atoms with E-state index in [0.717, 1.165) is 0 Å². The molecule has 1 aromatic carbocycles. The Balaban J connectivity index is 2.17. The van der Waals surface area contributed by atoms with Gasteiger partial charge in [0.2, 0.25) is 5.91 Å². The van der Waals surface area contributed by atoms with E-state index in [4.69, 9.17) is 5.21 Å². The number of hydroxylamine groups is 1. The Bertz CT molecular complexity index is 621. The van der Waals surface area contributed by atoms with Crippen LogP contribution in [0.15, 0.2) is 35.4 Å². The number of carbonyl (C=O) groups is 1. The lowest BCUT2D eigenvalue weighted by Crippen LogP contribution is -2.23. The molecule has 6 nitrogen and oxygen atoms in total. The van der Waals surface area contributed by atoms with Gasteiger partial charge >= 0.3 is 0 Å². The van der Waals surface area contributed by atoms with Crippen molar-refractivity contribution in [1.82, 2.24) is 15.0 Å². The number of carbonyl (C=O) groups excluding carboxylic acids is 1. The van der Waals surface area contributed by atoms with Crippen LogP contribution >= 0.6 is 0 Å². The van der Waals surface area contributed by atoms with Crippen LogP contribution in [0.3, 0.4) is 0 Å². The highest BCUT2D eigenvalue weighted by atomic mass is 16.5. The fourth-order valence-corrected chi connectivity index (χ4v) is 1.73. The topological polar surface area (TPSA) is 84.2 Å². The number of rotatable bonds is 4. The fourth-order valence-electron chi connectivity index (χ4n) is 1.73. The Morgan fingerprint density at radius 3 is 2.94 bits per heavy atom. The number of nitrogens with zero attached hydrogens (tertiary/aromatic N) is 2. The first kappa shape index (κ1) is 12.3. The van der Waals surface area contributed by atoms with Gasteiger partial charge in [-0.1, -0.05) is 12.1 Å². The number of para-hydroxylation sites is 1. The van der Waals surface area contributed by atoms with Crippen molar-refractivity contribution in [2.24, 2.45) is 0 Å². The van der Waals surface area contributed by atoms with E-state index >= 15 is 0 Å². The number of aryl methyl sites for hydroxylation is 1. The third-order valence-corrected chi connectivity index (χ3v) is 2.66. The second-order valence-corrected chi connectivity index (χ2v) is 3.90. The molecule has 0 saturated heterocycles. The molecule has 0 aliphatic carbocycles. The maximum absolute atomic E-state index is 12.0. The van der Waals surface area contributed by atoms with Crippen LogP contribution in [0, 0.1) is 0 Å². The summed E-state index contributed by atoms with van der Waals surface area (Å²) in [6.07, 6.45) is 2.10. The van der Waals surface area contributed by atoms with Crippen LogP contribution in [0.2, 0.25) is 0 Å². The Kier molecular flexibility index (Phi) is 3.69. The summed E-state index contributed by atoms with van der Waals surface area (Å²) in [5, 5.41) is 8.91. The van der Waals surface area contributed by atoms with Crippen LogP contribution in [-0.2, 0) is 11.3 Å². The number of nitrogens with one attached hydrogen (secondary N) is 1. The van der Waals surface area contributed by atoms with Crippen molar-refractivity contribution in [3.63, 3.8) is 0 Å². The second-order valence-electron chi connectivity index (χ2n) is 3.90. The van der Waals surface area contributed by atoms with Crippen molar-refractivity contribution in [3.05, 3.63) is 40.9 Å². The highest BCUT2D eigenvalue weighted by Gasteiger charge is 2.04. The van der Waals surface area contributed by atoms with Gasteiger partial charge in [-0.15, -0.1) is 0 Å². The smallest absolute Gasteiger partial charge is 0.261 e. The summed E-state index contributed by atoms with van der Waals surface area (Å²) in [5.41, 5.74) is 2.09. The van der Waals surface area contributed by atoms with Crippen LogP contribution in [-0.4, -0.2) is 20.7 Å². The zero-order chi connectivity index (χ0) is 13.0. The zero-order valence-corrected chi connectivity index (χ0v) is 9.67. The normalized spacial score (nSPS) is 10.5. The van der Waals surface area contributed by atoms with Gasteiger partial charge < -0.3 is 0 Å². The van der Waals surface area contributed by atoms with Crippen LogP contribution in [0.4, 0.5) is 0 Å². The minimum Gasteiger partial charge on any atom is -0.299 e. The van der Waals surface area contributed by atoms with E-state index in [1.807, 2.05) is 6.07 Å². The molecule has 0 fully saturated rings. The summed E-state index contributed by atoms with van der Waals surface area (Å²) in [4.78, 5) is 27.1. The van der Waals surface area contributed by atoms with Crippen molar-refractivity contribution >= 4 is 16.8 Å². The summed E-state index contributed by atoms with van der Waals surface area (Å²) in [7, 11) is 0. The standard InChI is InChI=1S/C12H13N3O3/c16-11(14-18)6-3-7-15-8-13-10-5-2-1-4-9(10)12(15)17/h1-2,4-5,8,18H,3,6-7H2,(H,14,16). The summed E-state index contributed by atoms with van der Waals surface area (Å²) in [6.45, 7) is 0.393. The van der Waals surface area contributed by atoms with Crippen LogP contribution in [0.5, 0.6) is 0 Å². The quantitative estimate of drug-likeness (QED) is 0.614. The van der Waals surface area contributed by atoms with Crippen molar-refractivity contribution < 1.29 is 10.0 Å². The van der Waals surface area contributed by atoms with E-state index in [0.29, 0.717) is 23.9 Å². The molecule has 0 unspecified atom stereocenters. The van der Waals surface area contributed by atoms with E-state index < -0.39 is 5.91 Å². The molecule has 0 radical (unpaired) electrons. The SMILES string of the molecule is O=C(CCCn1cnc2ccccc2c1=O)NO. The molecular weight excluding hydrogens is 234 g/mol. The molecule has 2 aromatic rings. The molecular formula is C12H13N3O3. The van der Waals surface area contributed by atoms with Gasteiger partial charge in [-0.2, -0.15) is 0 Å². The predicted octanol–water partition coefficient (Wildman–Crippen LogP) is 0.682. The van der Waals surface area contributed by atoms with Crippen LogP contribution in [0.25, 0.3) is 10.9 Å². The van der Waals surface area contributed by atoms with Crippen LogP contribution in [0.1, 0.15) is 12.8 Å². The molecule has 0 aliphatic heterocycles. The van der Waals surface area contributed by atoms with Gasteiger partial charge in [0.05, 0.1) is 17.2 Å². The number of fused-ring (bicyclic) bond motifs is 1. The maximum atomic E-state index is 12.0. The Morgan fingerprint density at radius 2 is 2.17 bits per heavy atom. The zero-order valence-electron chi connectivity index (χ0n) is 9.67. The molecule has 0 saturated carbocycles. The summed E-state index contributed by atoms with van der Waals surface area (Å²) < 4.78 is 1.47. The average molecular weight is 247 g/mol. The van der Waals surface area contributed by atoms with Crippen molar-refractivity contribution in [2.45, 2.75) is 19.4 Å². The molecule has 0 spiro atoms. The highest BCUT2D eigenvalue weighted by molar-refractivity contribution is 5.77. The molecule has 0 atom stereocenters. The van der Waals surface area contributed by atoms with E-state index in [1.54, 1.807) is 23.7 Å². The first-order chi connectivity index (χ1) is 8.72. The number of hydrogen-bond donors (Lipinski definition) is 2. The molecule has 1 amide bonds. The summed E-state index contributed by atoms with van der Waals surface area (Å²) >= 11 is 0. The molecule has 6 heteroatoms. The number of aromatic nitrogens is 2. The largest absolute Gasteiger partial charge is 0.299 e. The Labute approximate surface area is 103 Å². The van der Waals surface area contributed by atoms with Crippen LogP contribution < -0.4 is 11.0 Å². The number of amides is 1. The molecule has 1 heterocycles. The average Bonchev–Trinajstić information content (AvgIpc) is 2.41. The van der Waals surface area contributed by atoms with Crippen molar-refractivity contribution in [3.8, 4) is 0 Å². The molecule has 0 aliphatic rings. The number of benzene rings is 1. The summed E-state index contributed by atoms with van der Waals surface area (Å²) in [6, 6.07) is 7.11. The fraction of sp³-hybridized carbons (Fsp3) is 0.250. The van der Waals surface area contributed by atoms with Gasteiger partial charge in [-0.05, 0) is 18.6 Å². The first-order valence-corrected chi connectivity index (χ1v) is 5.59. The van der Waals surface area contributed by atoms with Gasteiger partial charge in [0, 0.05) is 13.0 Å². The van der Waals surface area contributed by atoms with E-state index in [2.05, 4.69) is 4.98 Å². The Morgan fingerprint density at radius 1 is 1.39 bits per heavy atom. The second kappa shape index (κ2) is 5.42. The minimum absolute atomic E-state index is 0.120.